The summed E-state index contributed by atoms with van der Waals surface area (Å²) in [4.78, 5) is 14.0. The molecule has 21 heavy (non-hydrogen) atoms. The first-order chi connectivity index (χ1) is 10.2. The summed E-state index contributed by atoms with van der Waals surface area (Å²) in [5, 5.41) is 0. The molecule has 0 aromatic heterocycles. The number of fused-ring (bicyclic) bond motifs is 2. The summed E-state index contributed by atoms with van der Waals surface area (Å²) in [6.07, 6.45) is 3.19. The van der Waals surface area contributed by atoms with Gasteiger partial charge in [0.15, 0.2) is 0 Å². The van der Waals surface area contributed by atoms with Crippen LogP contribution < -0.4 is 4.90 Å². The van der Waals surface area contributed by atoms with Crippen molar-refractivity contribution in [3.8, 4) is 0 Å². The van der Waals surface area contributed by atoms with Gasteiger partial charge in [-0.25, -0.2) is 0 Å². The molecule has 0 saturated heterocycles. The van der Waals surface area contributed by atoms with Crippen LogP contribution in [0.5, 0.6) is 0 Å². The molecule has 1 aliphatic rings. The molecule has 0 radical (unpaired) electrons. The fourth-order valence-electron chi connectivity index (χ4n) is 2.92. The Morgan fingerprint density at radius 3 is 2.57 bits per heavy atom. The molecule has 0 atom stereocenters. The van der Waals surface area contributed by atoms with Crippen molar-refractivity contribution < 1.29 is 4.79 Å². The summed E-state index contributed by atoms with van der Waals surface area (Å²) >= 11 is 0. The zero-order valence-corrected chi connectivity index (χ0v) is 12.5. The number of carbonyl (C=O) groups excluding carboxylic acids is 1. The third-order valence-corrected chi connectivity index (χ3v) is 4.01. The van der Waals surface area contributed by atoms with Crippen molar-refractivity contribution in [3.63, 3.8) is 0 Å². The van der Waals surface area contributed by atoms with Crippen LogP contribution in [-0.4, -0.2) is 5.91 Å². The van der Waals surface area contributed by atoms with E-state index < -0.39 is 0 Å². The molecule has 0 saturated carbocycles. The third-order valence-electron chi connectivity index (χ3n) is 4.01. The van der Waals surface area contributed by atoms with E-state index in [1.807, 2.05) is 29.2 Å². The number of anilines is 1. The number of carbonyl (C=O) groups is 1. The molecule has 1 aliphatic heterocycles. The molecule has 2 aromatic carbocycles. The van der Waals surface area contributed by atoms with Gasteiger partial charge in [-0.15, -0.1) is 0 Å². The smallest absolute Gasteiger partial charge is 0.224 e. The number of amides is 1. The molecule has 2 nitrogen and oxygen atoms in total. The van der Waals surface area contributed by atoms with E-state index in [-0.39, 0.29) is 5.91 Å². The third kappa shape index (κ3) is 2.49. The Labute approximate surface area is 125 Å². The van der Waals surface area contributed by atoms with E-state index in [2.05, 4.69) is 37.3 Å². The van der Waals surface area contributed by atoms with Crippen LogP contribution >= 0.6 is 0 Å². The van der Waals surface area contributed by atoms with Crippen molar-refractivity contribution in [2.24, 2.45) is 0 Å². The lowest BCUT2D eigenvalue weighted by Gasteiger charge is -2.27. The minimum atomic E-state index is 0.0746. The van der Waals surface area contributed by atoms with E-state index in [4.69, 9.17) is 0 Å². The number of allylic oxidation sites excluding steroid dienone is 1. The van der Waals surface area contributed by atoms with Crippen molar-refractivity contribution in [3.05, 3.63) is 65.2 Å². The molecular formula is C19H19NO. The predicted molar refractivity (Wildman–Crippen MR) is 87.9 cm³/mol. The van der Waals surface area contributed by atoms with Gasteiger partial charge in [-0.3, -0.25) is 4.79 Å². The first-order valence-electron chi connectivity index (χ1n) is 7.36. The van der Waals surface area contributed by atoms with Gasteiger partial charge in [0.1, 0.15) is 0 Å². The highest BCUT2D eigenvalue weighted by atomic mass is 16.2. The van der Waals surface area contributed by atoms with Crippen molar-refractivity contribution in [2.45, 2.75) is 26.8 Å². The van der Waals surface area contributed by atoms with E-state index in [0.29, 0.717) is 6.54 Å². The van der Waals surface area contributed by atoms with Crippen LogP contribution in [0.4, 0.5) is 5.69 Å². The Hall–Kier alpha value is -2.35. The first-order valence-corrected chi connectivity index (χ1v) is 7.36. The topological polar surface area (TPSA) is 20.3 Å². The van der Waals surface area contributed by atoms with Gasteiger partial charge >= 0.3 is 0 Å². The van der Waals surface area contributed by atoms with Crippen LogP contribution in [0.1, 0.15) is 37.0 Å². The quantitative estimate of drug-likeness (QED) is 0.751. The van der Waals surface area contributed by atoms with Crippen molar-refractivity contribution in [1.82, 2.24) is 0 Å². The number of hydrogen-bond acceptors (Lipinski definition) is 1. The van der Waals surface area contributed by atoms with Crippen LogP contribution in [0, 0.1) is 0 Å². The lowest BCUT2D eigenvalue weighted by Crippen LogP contribution is -2.29. The van der Waals surface area contributed by atoms with Gasteiger partial charge in [0.25, 0.3) is 0 Å². The molecule has 0 fully saturated rings. The van der Waals surface area contributed by atoms with Crippen molar-refractivity contribution in [1.29, 1.82) is 0 Å². The number of hydrogen-bond donors (Lipinski definition) is 0. The highest BCUT2D eigenvalue weighted by molar-refractivity contribution is 5.97. The molecular weight excluding hydrogens is 258 g/mol. The largest absolute Gasteiger partial charge is 0.308 e. The summed E-state index contributed by atoms with van der Waals surface area (Å²) < 4.78 is 0. The Morgan fingerprint density at radius 1 is 1.10 bits per heavy atom. The van der Waals surface area contributed by atoms with Gasteiger partial charge in [-0.1, -0.05) is 49.4 Å². The highest BCUT2D eigenvalue weighted by Crippen LogP contribution is 2.33. The molecule has 0 aliphatic carbocycles. The van der Waals surface area contributed by atoms with Crippen molar-refractivity contribution >= 4 is 23.2 Å². The summed E-state index contributed by atoms with van der Waals surface area (Å²) in [5.74, 6) is 0.0746. The van der Waals surface area contributed by atoms with Gasteiger partial charge in [-0.05, 0) is 40.8 Å². The number of rotatable bonds is 1. The average molecular weight is 277 g/mol. The standard InChI is InChI=1S/C19H19NO/c1-3-15-12-16-8-5-7-11-19(16)20(14(2)21)13-17-9-4-6-10-18(15)17/h4-12H,3,13H2,1-2H3/b15-12-. The van der Waals surface area contributed by atoms with Gasteiger partial charge < -0.3 is 4.90 Å². The molecule has 1 heterocycles. The molecule has 0 bridgehead atoms. The van der Waals surface area contributed by atoms with E-state index in [9.17, 15) is 4.79 Å². The molecule has 3 rings (SSSR count). The lowest BCUT2D eigenvalue weighted by molar-refractivity contribution is -0.116. The molecule has 2 aromatic rings. The van der Waals surface area contributed by atoms with Crippen LogP contribution in [0.2, 0.25) is 0 Å². The fourth-order valence-corrected chi connectivity index (χ4v) is 2.92. The minimum Gasteiger partial charge on any atom is -0.308 e. The zero-order chi connectivity index (χ0) is 14.8. The molecule has 2 heteroatoms. The Balaban J connectivity index is 2.27. The van der Waals surface area contributed by atoms with Crippen molar-refractivity contribution in [2.75, 3.05) is 4.90 Å². The summed E-state index contributed by atoms with van der Waals surface area (Å²) in [6, 6.07) is 16.5. The SMILES string of the molecule is CC/C1=C/c2ccccc2N(C(C)=O)Cc2ccccc21. The summed E-state index contributed by atoms with van der Waals surface area (Å²) in [6.45, 7) is 4.43. The molecule has 0 spiro atoms. The van der Waals surface area contributed by atoms with Gasteiger partial charge in [0, 0.05) is 6.92 Å². The fraction of sp³-hybridized carbons (Fsp3) is 0.211. The summed E-state index contributed by atoms with van der Waals surface area (Å²) in [7, 11) is 0. The second-order valence-electron chi connectivity index (χ2n) is 5.34. The number of nitrogens with zero attached hydrogens (tertiary/aromatic N) is 1. The van der Waals surface area contributed by atoms with E-state index in [1.165, 1.54) is 16.7 Å². The first kappa shape index (κ1) is 13.6. The summed E-state index contributed by atoms with van der Waals surface area (Å²) in [5.41, 5.74) is 5.88. The van der Waals surface area contributed by atoms with Gasteiger partial charge in [-0.2, -0.15) is 0 Å². The molecule has 1 amide bonds. The average Bonchev–Trinajstić information content (AvgIpc) is 2.49. The van der Waals surface area contributed by atoms with Crippen LogP contribution in [-0.2, 0) is 11.3 Å². The monoisotopic (exact) mass is 277 g/mol. The van der Waals surface area contributed by atoms with E-state index >= 15 is 0 Å². The highest BCUT2D eigenvalue weighted by Gasteiger charge is 2.19. The maximum atomic E-state index is 12.1. The van der Waals surface area contributed by atoms with Crippen LogP contribution in [0.15, 0.2) is 48.5 Å². The Kier molecular flexibility index (Phi) is 3.61. The maximum absolute atomic E-state index is 12.1. The van der Waals surface area contributed by atoms with Crippen LogP contribution in [0.3, 0.4) is 0 Å². The predicted octanol–water partition coefficient (Wildman–Crippen LogP) is 4.50. The Bertz CT molecular complexity index is 715. The lowest BCUT2D eigenvalue weighted by atomic mass is 9.93. The van der Waals surface area contributed by atoms with Gasteiger partial charge in [0.05, 0.1) is 12.2 Å². The van der Waals surface area contributed by atoms with Crippen LogP contribution in [0.25, 0.3) is 11.6 Å². The molecule has 106 valence electrons. The normalized spacial score (nSPS) is 16.1. The second-order valence-corrected chi connectivity index (χ2v) is 5.34. The minimum absolute atomic E-state index is 0.0746. The molecule has 0 N–H and O–H groups in total. The number of para-hydroxylation sites is 1. The van der Waals surface area contributed by atoms with E-state index in [0.717, 1.165) is 17.7 Å². The second kappa shape index (κ2) is 5.57. The van der Waals surface area contributed by atoms with Gasteiger partial charge in [0.2, 0.25) is 5.91 Å². The Morgan fingerprint density at radius 2 is 1.81 bits per heavy atom. The van der Waals surface area contributed by atoms with E-state index in [1.54, 1.807) is 6.92 Å². The molecule has 0 unspecified atom stereocenters. The zero-order valence-electron chi connectivity index (χ0n) is 12.5. The number of benzene rings is 2. The maximum Gasteiger partial charge on any atom is 0.224 e.